The summed E-state index contributed by atoms with van der Waals surface area (Å²) in [5.41, 5.74) is 12.2. The molecule has 0 saturated heterocycles. The molecular formula is C48H44N6. The average Bonchev–Trinajstić information content (AvgIpc) is 3.27. The molecule has 0 aliphatic heterocycles. The van der Waals surface area contributed by atoms with Crippen LogP contribution in [0, 0.1) is 0 Å². The lowest BCUT2D eigenvalue weighted by Crippen LogP contribution is -2.08. The third kappa shape index (κ3) is 7.34. The predicted molar refractivity (Wildman–Crippen MR) is 217 cm³/mol. The molecule has 54 heavy (non-hydrogen) atoms. The molecule has 2 aliphatic rings. The lowest BCUT2D eigenvalue weighted by atomic mass is 9.78. The molecule has 0 radical (unpaired) electrons. The molecule has 3 heterocycles. The SMILES string of the molecule is c1ccc(-c2nc(-c3cc(-c4cncnc4)cc(-c4cc(C5CCCCC5)cc(C5CCCCC5)c4)c3)nc(-c3ccccc3-c3cccnc3)n2)cc1. The number of hydrogen-bond donors (Lipinski definition) is 0. The molecule has 0 unspecified atom stereocenters. The van der Waals surface area contributed by atoms with E-state index in [0.29, 0.717) is 29.3 Å². The van der Waals surface area contributed by atoms with E-state index in [2.05, 4.69) is 81.7 Å². The lowest BCUT2D eigenvalue weighted by molar-refractivity contribution is 0.435. The van der Waals surface area contributed by atoms with Crippen molar-refractivity contribution in [2.75, 3.05) is 0 Å². The Labute approximate surface area is 317 Å². The molecule has 2 aliphatic carbocycles. The highest BCUT2D eigenvalue weighted by Gasteiger charge is 2.23. The Hall–Kier alpha value is -5.88. The Morgan fingerprint density at radius 3 is 1.54 bits per heavy atom. The summed E-state index contributed by atoms with van der Waals surface area (Å²) in [5, 5.41) is 0. The van der Waals surface area contributed by atoms with Crippen LogP contribution in [0.15, 0.2) is 134 Å². The maximum absolute atomic E-state index is 5.26. The fraction of sp³-hybridized carbons (Fsp3) is 0.250. The molecule has 7 aromatic rings. The largest absolute Gasteiger partial charge is 0.264 e. The first kappa shape index (κ1) is 33.9. The number of pyridine rings is 1. The van der Waals surface area contributed by atoms with Crippen molar-refractivity contribution in [2.45, 2.75) is 76.0 Å². The van der Waals surface area contributed by atoms with Crippen molar-refractivity contribution in [1.29, 1.82) is 0 Å². The van der Waals surface area contributed by atoms with Gasteiger partial charge in [-0.1, -0.05) is 117 Å². The van der Waals surface area contributed by atoms with Crippen LogP contribution in [0.4, 0.5) is 0 Å². The van der Waals surface area contributed by atoms with Gasteiger partial charge in [-0.2, -0.15) is 0 Å². The molecule has 2 fully saturated rings. The minimum absolute atomic E-state index is 0.616. The third-order valence-corrected chi connectivity index (χ3v) is 11.4. The number of hydrogen-bond acceptors (Lipinski definition) is 6. The van der Waals surface area contributed by atoms with E-state index in [-0.39, 0.29) is 0 Å². The topological polar surface area (TPSA) is 77.3 Å². The van der Waals surface area contributed by atoms with Gasteiger partial charge in [-0.15, -0.1) is 0 Å². The first-order chi connectivity index (χ1) is 26.7. The summed E-state index contributed by atoms with van der Waals surface area (Å²) < 4.78 is 0. The molecule has 9 rings (SSSR count). The van der Waals surface area contributed by atoms with Crippen molar-refractivity contribution >= 4 is 0 Å². The van der Waals surface area contributed by atoms with Gasteiger partial charge >= 0.3 is 0 Å². The lowest BCUT2D eigenvalue weighted by Gasteiger charge is -2.27. The van der Waals surface area contributed by atoms with Crippen LogP contribution in [0.1, 0.15) is 87.2 Å². The van der Waals surface area contributed by atoms with Crippen molar-refractivity contribution in [2.24, 2.45) is 0 Å². The zero-order valence-electron chi connectivity index (χ0n) is 30.6. The van der Waals surface area contributed by atoms with Crippen LogP contribution in [0.2, 0.25) is 0 Å². The van der Waals surface area contributed by atoms with E-state index in [1.165, 1.54) is 80.9 Å². The summed E-state index contributed by atoms with van der Waals surface area (Å²) in [6.45, 7) is 0. The van der Waals surface area contributed by atoms with Gasteiger partial charge in [0.05, 0.1) is 0 Å². The zero-order valence-corrected chi connectivity index (χ0v) is 30.6. The summed E-state index contributed by atoms with van der Waals surface area (Å²) in [4.78, 5) is 28.8. The number of aromatic nitrogens is 6. The first-order valence-corrected chi connectivity index (χ1v) is 19.6. The van der Waals surface area contributed by atoms with Crippen LogP contribution in [0.5, 0.6) is 0 Å². The number of benzene rings is 4. The van der Waals surface area contributed by atoms with Gasteiger partial charge in [-0.25, -0.2) is 24.9 Å². The molecule has 0 spiro atoms. The van der Waals surface area contributed by atoms with E-state index in [4.69, 9.17) is 15.0 Å². The van der Waals surface area contributed by atoms with E-state index in [9.17, 15) is 0 Å². The van der Waals surface area contributed by atoms with E-state index in [1.807, 2.05) is 55.0 Å². The number of nitrogens with zero attached hydrogens (tertiary/aromatic N) is 6. The standard InChI is InChI=1S/C48H44N6/c1-4-13-33(14-5-1)37-23-38(34-15-6-2-7-16-34)25-39(24-37)40-26-41(43-30-50-32-51-31-43)28-42(27-40)47-52-46(35-17-8-3-9-18-35)53-48(54-47)45-21-11-10-20-44(45)36-19-12-22-49-29-36/h3,8-12,17-34H,1-2,4-7,13-16H2. The Morgan fingerprint density at radius 1 is 0.370 bits per heavy atom. The number of rotatable bonds is 8. The minimum atomic E-state index is 0.616. The molecule has 0 amide bonds. The molecule has 4 aromatic carbocycles. The molecule has 0 N–H and O–H groups in total. The van der Waals surface area contributed by atoms with Crippen molar-refractivity contribution in [3.05, 3.63) is 145 Å². The minimum Gasteiger partial charge on any atom is -0.264 e. The van der Waals surface area contributed by atoms with E-state index in [0.717, 1.165) is 44.5 Å². The Bertz CT molecular complexity index is 2310. The van der Waals surface area contributed by atoms with Crippen molar-refractivity contribution in [3.63, 3.8) is 0 Å². The van der Waals surface area contributed by atoms with Crippen LogP contribution in [-0.4, -0.2) is 29.9 Å². The van der Waals surface area contributed by atoms with Crippen LogP contribution >= 0.6 is 0 Å². The molecule has 3 aromatic heterocycles. The molecular weight excluding hydrogens is 661 g/mol. The Balaban J connectivity index is 1.24. The summed E-state index contributed by atoms with van der Waals surface area (Å²) in [5.74, 6) is 3.10. The van der Waals surface area contributed by atoms with Gasteiger partial charge in [0.25, 0.3) is 0 Å². The molecule has 6 nitrogen and oxygen atoms in total. The molecule has 6 heteroatoms. The van der Waals surface area contributed by atoms with Crippen LogP contribution < -0.4 is 0 Å². The maximum Gasteiger partial charge on any atom is 0.164 e. The first-order valence-electron chi connectivity index (χ1n) is 19.6. The smallest absolute Gasteiger partial charge is 0.164 e. The van der Waals surface area contributed by atoms with E-state index >= 15 is 0 Å². The quantitative estimate of drug-likeness (QED) is 0.157. The van der Waals surface area contributed by atoms with Gasteiger partial charge in [-0.05, 0) is 95.2 Å². The summed E-state index contributed by atoms with van der Waals surface area (Å²) in [6, 6.07) is 36.8. The second-order valence-electron chi connectivity index (χ2n) is 14.9. The van der Waals surface area contributed by atoms with Crippen molar-refractivity contribution in [1.82, 2.24) is 29.9 Å². The van der Waals surface area contributed by atoms with Gasteiger partial charge in [0.15, 0.2) is 17.5 Å². The van der Waals surface area contributed by atoms with E-state index < -0.39 is 0 Å². The van der Waals surface area contributed by atoms with Crippen LogP contribution in [0.3, 0.4) is 0 Å². The van der Waals surface area contributed by atoms with Crippen LogP contribution in [-0.2, 0) is 0 Å². The highest BCUT2D eigenvalue weighted by atomic mass is 15.0. The summed E-state index contributed by atoms with van der Waals surface area (Å²) in [7, 11) is 0. The van der Waals surface area contributed by atoms with E-state index in [1.54, 1.807) is 12.5 Å². The van der Waals surface area contributed by atoms with Gasteiger partial charge in [0.2, 0.25) is 0 Å². The average molecular weight is 705 g/mol. The third-order valence-electron chi connectivity index (χ3n) is 11.4. The summed E-state index contributed by atoms with van der Waals surface area (Å²) >= 11 is 0. The molecule has 2 saturated carbocycles. The highest BCUT2D eigenvalue weighted by Crippen LogP contribution is 2.41. The van der Waals surface area contributed by atoms with Gasteiger partial charge in [0, 0.05) is 52.6 Å². The second kappa shape index (κ2) is 15.6. The molecule has 266 valence electrons. The second-order valence-corrected chi connectivity index (χ2v) is 14.9. The van der Waals surface area contributed by atoms with Crippen LogP contribution in [0.25, 0.3) is 67.5 Å². The molecule has 0 atom stereocenters. The van der Waals surface area contributed by atoms with Gasteiger partial charge in [-0.3, -0.25) is 4.98 Å². The molecule has 0 bridgehead atoms. The zero-order chi connectivity index (χ0) is 36.1. The van der Waals surface area contributed by atoms with Gasteiger partial charge in [0.1, 0.15) is 6.33 Å². The summed E-state index contributed by atoms with van der Waals surface area (Å²) in [6.07, 6.45) is 22.1. The fourth-order valence-corrected chi connectivity index (χ4v) is 8.52. The Kier molecular flexibility index (Phi) is 9.81. The van der Waals surface area contributed by atoms with Gasteiger partial charge < -0.3 is 0 Å². The Morgan fingerprint density at radius 2 is 0.889 bits per heavy atom. The normalized spacial score (nSPS) is 15.3. The van der Waals surface area contributed by atoms with Crippen molar-refractivity contribution in [3.8, 4) is 67.5 Å². The van der Waals surface area contributed by atoms with Crippen molar-refractivity contribution < 1.29 is 0 Å². The maximum atomic E-state index is 5.26. The highest BCUT2D eigenvalue weighted by molar-refractivity contribution is 5.83. The fourth-order valence-electron chi connectivity index (χ4n) is 8.52. The monoisotopic (exact) mass is 704 g/mol. The predicted octanol–water partition coefficient (Wildman–Crippen LogP) is 12.2.